The number of hydrogen-bond acceptors (Lipinski definition) is 3. The van der Waals surface area contributed by atoms with Crippen LogP contribution in [-0.4, -0.2) is 16.1 Å². The molecule has 0 fully saturated rings. The fourth-order valence-electron chi connectivity index (χ4n) is 1.62. The van der Waals surface area contributed by atoms with Gasteiger partial charge < -0.3 is 9.88 Å². The highest BCUT2D eigenvalue weighted by Gasteiger charge is 2.06. The molecular formula is C13H19N3S. The van der Waals surface area contributed by atoms with Gasteiger partial charge in [-0.25, -0.2) is 4.98 Å². The Balaban J connectivity index is 2.06. The summed E-state index contributed by atoms with van der Waals surface area (Å²) in [6.45, 7) is 8.42. The second kappa shape index (κ2) is 5.36. The second-order valence-electron chi connectivity index (χ2n) is 4.68. The Labute approximate surface area is 107 Å². The van der Waals surface area contributed by atoms with Crippen molar-refractivity contribution >= 4 is 17.3 Å². The molecular weight excluding hydrogens is 230 g/mol. The molecule has 2 aromatic rings. The first-order valence-corrected chi connectivity index (χ1v) is 6.82. The van der Waals surface area contributed by atoms with E-state index < -0.39 is 0 Å². The van der Waals surface area contributed by atoms with Crippen LogP contribution in [0.25, 0.3) is 0 Å². The maximum atomic E-state index is 4.35. The van der Waals surface area contributed by atoms with Crippen LogP contribution >= 0.6 is 11.3 Å². The first kappa shape index (κ1) is 12.2. The minimum absolute atomic E-state index is 0.628. The molecule has 92 valence electrons. The first-order chi connectivity index (χ1) is 8.16. The molecule has 0 aliphatic heterocycles. The van der Waals surface area contributed by atoms with Gasteiger partial charge in [-0.3, -0.25) is 0 Å². The van der Waals surface area contributed by atoms with Crippen molar-refractivity contribution in [1.82, 2.24) is 9.55 Å². The van der Waals surface area contributed by atoms with Crippen LogP contribution in [0.4, 0.5) is 5.95 Å². The molecule has 0 radical (unpaired) electrons. The topological polar surface area (TPSA) is 29.9 Å². The number of thiophene rings is 1. The number of nitrogens with one attached hydrogen (secondary N) is 1. The van der Waals surface area contributed by atoms with Crippen LogP contribution in [0.3, 0.4) is 0 Å². The summed E-state index contributed by atoms with van der Waals surface area (Å²) < 4.78 is 2.17. The maximum absolute atomic E-state index is 4.35. The van der Waals surface area contributed by atoms with Crippen molar-refractivity contribution in [3.05, 3.63) is 34.3 Å². The van der Waals surface area contributed by atoms with Crippen LogP contribution in [-0.2, 0) is 6.54 Å². The number of rotatable bonds is 5. The van der Waals surface area contributed by atoms with Gasteiger partial charge in [0, 0.05) is 23.8 Å². The molecule has 1 N–H and O–H groups in total. The molecule has 0 saturated heterocycles. The van der Waals surface area contributed by atoms with Crippen LogP contribution in [0.5, 0.6) is 0 Å². The Morgan fingerprint density at radius 2 is 2.29 bits per heavy atom. The van der Waals surface area contributed by atoms with Gasteiger partial charge in [0.25, 0.3) is 0 Å². The fourth-order valence-corrected chi connectivity index (χ4v) is 2.52. The van der Waals surface area contributed by atoms with E-state index in [2.05, 4.69) is 47.1 Å². The number of nitrogens with zero attached hydrogens (tertiary/aromatic N) is 2. The summed E-state index contributed by atoms with van der Waals surface area (Å²) in [5.74, 6) is 1.59. The molecule has 0 unspecified atom stereocenters. The summed E-state index contributed by atoms with van der Waals surface area (Å²) in [4.78, 5) is 5.75. The molecule has 0 saturated carbocycles. The van der Waals surface area contributed by atoms with Crippen LogP contribution in [0.1, 0.15) is 24.3 Å². The van der Waals surface area contributed by atoms with E-state index in [1.807, 2.05) is 12.4 Å². The average molecular weight is 249 g/mol. The summed E-state index contributed by atoms with van der Waals surface area (Å²) >= 11 is 1.80. The van der Waals surface area contributed by atoms with E-state index in [0.717, 1.165) is 19.0 Å². The molecule has 4 heteroatoms. The van der Waals surface area contributed by atoms with Gasteiger partial charge in [-0.1, -0.05) is 13.8 Å². The van der Waals surface area contributed by atoms with Gasteiger partial charge in [0.05, 0.1) is 6.54 Å². The Hall–Kier alpha value is -1.29. The van der Waals surface area contributed by atoms with Gasteiger partial charge in [0.2, 0.25) is 5.95 Å². The molecule has 0 bridgehead atoms. The monoisotopic (exact) mass is 249 g/mol. The van der Waals surface area contributed by atoms with Crippen molar-refractivity contribution in [3.63, 3.8) is 0 Å². The molecule has 2 heterocycles. The highest BCUT2D eigenvalue weighted by Crippen LogP contribution is 2.18. The normalized spacial score (nSPS) is 11.1. The van der Waals surface area contributed by atoms with E-state index in [0.29, 0.717) is 5.92 Å². The van der Waals surface area contributed by atoms with Gasteiger partial charge in [0.1, 0.15) is 0 Å². The molecule has 0 aromatic carbocycles. The lowest BCUT2D eigenvalue weighted by Crippen LogP contribution is -2.13. The van der Waals surface area contributed by atoms with E-state index in [1.54, 1.807) is 11.3 Å². The summed E-state index contributed by atoms with van der Waals surface area (Å²) in [5.41, 5.74) is 1.36. The zero-order valence-electron chi connectivity index (χ0n) is 10.6. The van der Waals surface area contributed by atoms with Crippen molar-refractivity contribution in [2.24, 2.45) is 5.92 Å². The Morgan fingerprint density at radius 3 is 2.94 bits per heavy atom. The van der Waals surface area contributed by atoms with Crippen LogP contribution < -0.4 is 5.32 Å². The van der Waals surface area contributed by atoms with Crippen LogP contribution in [0.15, 0.2) is 23.8 Å². The third kappa shape index (κ3) is 3.09. The van der Waals surface area contributed by atoms with E-state index >= 15 is 0 Å². The van der Waals surface area contributed by atoms with Gasteiger partial charge in [-0.2, -0.15) is 0 Å². The van der Waals surface area contributed by atoms with Gasteiger partial charge in [-0.15, -0.1) is 11.3 Å². The van der Waals surface area contributed by atoms with Gasteiger partial charge in [-0.05, 0) is 29.9 Å². The molecule has 0 amide bonds. The molecule has 0 aliphatic rings. The zero-order valence-corrected chi connectivity index (χ0v) is 11.4. The van der Waals surface area contributed by atoms with E-state index in [1.165, 1.54) is 10.4 Å². The lowest BCUT2D eigenvalue weighted by Gasteiger charge is -2.11. The number of aromatic nitrogens is 2. The van der Waals surface area contributed by atoms with Gasteiger partial charge in [0.15, 0.2) is 0 Å². The second-order valence-corrected chi connectivity index (χ2v) is 5.68. The minimum atomic E-state index is 0.628. The molecule has 0 atom stereocenters. The third-order valence-corrected chi connectivity index (χ3v) is 3.67. The van der Waals surface area contributed by atoms with Crippen molar-refractivity contribution in [3.8, 4) is 0 Å². The third-order valence-electron chi connectivity index (χ3n) is 2.67. The van der Waals surface area contributed by atoms with E-state index in [4.69, 9.17) is 0 Å². The molecule has 0 aliphatic carbocycles. The smallest absolute Gasteiger partial charge is 0.203 e. The number of aryl methyl sites for hydroxylation is 1. The van der Waals surface area contributed by atoms with E-state index in [9.17, 15) is 0 Å². The summed E-state index contributed by atoms with van der Waals surface area (Å²) in [6, 6.07) is 2.16. The van der Waals surface area contributed by atoms with Crippen molar-refractivity contribution in [1.29, 1.82) is 0 Å². The zero-order chi connectivity index (χ0) is 12.3. The average Bonchev–Trinajstić information content (AvgIpc) is 2.87. The molecule has 17 heavy (non-hydrogen) atoms. The van der Waals surface area contributed by atoms with Crippen molar-refractivity contribution in [2.45, 2.75) is 27.3 Å². The van der Waals surface area contributed by atoms with Crippen molar-refractivity contribution < 1.29 is 0 Å². The molecule has 0 spiro atoms. The number of imidazole rings is 1. The number of anilines is 1. The quantitative estimate of drug-likeness (QED) is 0.880. The molecule has 2 rings (SSSR count). The van der Waals surface area contributed by atoms with Crippen molar-refractivity contribution in [2.75, 3.05) is 11.9 Å². The highest BCUT2D eigenvalue weighted by molar-refractivity contribution is 7.10. The molecule has 3 nitrogen and oxygen atoms in total. The predicted octanol–water partition coefficient (Wildman–Crippen LogP) is 3.37. The van der Waals surface area contributed by atoms with Crippen LogP contribution in [0, 0.1) is 12.8 Å². The SMILES string of the molecule is Cc1ccsc1Cn1ccnc1NCC(C)C. The lowest BCUT2D eigenvalue weighted by atomic mass is 10.2. The molecule has 2 aromatic heterocycles. The summed E-state index contributed by atoms with van der Waals surface area (Å²) in [7, 11) is 0. The minimum Gasteiger partial charge on any atom is -0.355 e. The Kier molecular flexibility index (Phi) is 3.84. The van der Waals surface area contributed by atoms with E-state index in [-0.39, 0.29) is 0 Å². The largest absolute Gasteiger partial charge is 0.355 e. The lowest BCUT2D eigenvalue weighted by molar-refractivity contribution is 0.677. The summed E-state index contributed by atoms with van der Waals surface area (Å²) in [6.07, 6.45) is 3.88. The number of hydrogen-bond donors (Lipinski definition) is 1. The van der Waals surface area contributed by atoms with Crippen LogP contribution in [0.2, 0.25) is 0 Å². The Bertz CT molecular complexity index is 470. The maximum Gasteiger partial charge on any atom is 0.203 e. The Morgan fingerprint density at radius 1 is 1.47 bits per heavy atom. The highest BCUT2D eigenvalue weighted by atomic mass is 32.1. The summed E-state index contributed by atoms with van der Waals surface area (Å²) in [5, 5.41) is 5.52. The predicted molar refractivity (Wildman–Crippen MR) is 73.7 cm³/mol. The van der Waals surface area contributed by atoms with Gasteiger partial charge >= 0.3 is 0 Å². The first-order valence-electron chi connectivity index (χ1n) is 5.95. The standard InChI is InChI=1S/C13H19N3S/c1-10(2)8-15-13-14-5-6-16(13)9-12-11(3)4-7-17-12/h4-7,10H,8-9H2,1-3H3,(H,14,15). The fraction of sp³-hybridized carbons (Fsp3) is 0.462.